The second kappa shape index (κ2) is 12.6. The molecule has 1 aliphatic heterocycles. The summed E-state index contributed by atoms with van der Waals surface area (Å²) in [6.45, 7) is 4.31. The molecule has 1 aliphatic rings. The number of hydrogen-bond donors (Lipinski definition) is 7. The number of likely N-dealkylation sites (tertiary alicyclic amines) is 1. The number of hydrogen-bond acceptors (Lipinski definition) is 8. The lowest BCUT2D eigenvalue weighted by molar-refractivity contribution is -0.141. The van der Waals surface area contributed by atoms with E-state index in [4.69, 9.17) is 10.8 Å². The molecule has 0 saturated carbocycles. The predicted octanol–water partition coefficient (Wildman–Crippen LogP) is -2.56. The van der Waals surface area contributed by atoms with Crippen LogP contribution in [0.25, 0.3) is 0 Å². The van der Waals surface area contributed by atoms with E-state index in [1.165, 1.54) is 11.8 Å². The molecule has 0 aromatic rings. The highest BCUT2D eigenvalue weighted by atomic mass is 32.1. The van der Waals surface area contributed by atoms with Gasteiger partial charge in [-0.25, -0.2) is 0 Å². The molecular weight excluding hydrogens is 442 g/mol. The molecule has 1 rings (SSSR count). The van der Waals surface area contributed by atoms with E-state index < -0.39 is 72.3 Å². The summed E-state index contributed by atoms with van der Waals surface area (Å²) in [4.78, 5) is 62.3. The summed E-state index contributed by atoms with van der Waals surface area (Å²) in [6.07, 6.45) is -0.357. The minimum atomic E-state index is -1.40. The van der Waals surface area contributed by atoms with Crippen LogP contribution in [-0.4, -0.2) is 93.8 Å². The second-order valence-corrected chi connectivity index (χ2v) is 8.41. The number of carboxylic acids is 1. The minimum absolute atomic E-state index is 0.114. The van der Waals surface area contributed by atoms with Crippen molar-refractivity contribution in [2.24, 2.45) is 11.7 Å². The van der Waals surface area contributed by atoms with E-state index in [1.807, 2.05) is 0 Å². The maximum atomic E-state index is 12.8. The molecule has 0 aliphatic carbocycles. The first kappa shape index (κ1) is 27.7. The van der Waals surface area contributed by atoms with E-state index in [0.29, 0.717) is 19.4 Å². The Bertz CT molecular complexity index is 718. The normalized spacial score (nSPS) is 19.6. The highest BCUT2D eigenvalue weighted by Gasteiger charge is 2.38. The van der Waals surface area contributed by atoms with Gasteiger partial charge in [-0.2, -0.15) is 12.6 Å². The first-order chi connectivity index (χ1) is 14.9. The third-order valence-corrected chi connectivity index (χ3v) is 5.47. The van der Waals surface area contributed by atoms with Gasteiger partial charge in [0.15, 0.2) is 0 Å². The monoisotopic (exact) mass is 475 g/mol. The van der Waals surface area contributed by atoms with Crippen LogP contribution in [-0.2, 0) is 24.0 Å². The van der Waals surface area contributed by atoms with Crippen molar-refractivity contribution in [1.82, 2.24) is 20.9 Å². The van der Waals surface area contributed by atoms with Gasteiger partial charge in [0.25, 0.3) is 0 Å². The number of amides is 4. The number of aliphatic hydroxyl groups excluding tert-OH is 1. The van der Waals surface area contributed by atoms with Gasteiger partial charge in [-0.1, -0.05) is 13.8 Å². The standard InChI is InChI=1S/C19H33N5O7S/c1-9(2)14(17(29)21-7-13(26)27)22-18(30)15(10(3)25)23-16(28)12-5-4-6-24(12)19(31)11(20)8-32/h9-12,14-15,25,32H,4-8,20H2,1-3H3,(H,21,29)(H,22,30)(H,23,28)(H,26,27)/t10-,11+,12+,14+,15+/m1/s1. The van der Waals surface area contributed by atoms with Crippen molar-refractivity contribution in [3.63, 3.8) is 0 Å². The van der Waals surface area contributed by atoms with Crippen LogP contribution in [0.5, 0.6) is 0 Å². The van der Waals surface area contributed by atoms with E-state index >= 15 is 0 Å². The zero-order valence-electron chi connectivity index (χ0n) is 18.4. The fraction of sp³-hybridized carbons (Fsp3) is 0.737. The van der Waals surface area contributed by atoms with E-state index in [2.05, 4.69) is 28.6 Å². The lowest BCUT2D eigenvalue weighted by Gasteiger charge is -2.30. The highest BCUT2D eigenvalue weighted by Crippen LogP contribution is 2.19. The summed E-state index contributed by atoms with van der Waals surface area (Å²) in [5, 5.41) is 25.9. The number of carboxylic acid groups (broad SMARTS) is 1. The summed E-state index contributed by atoms with van der Waals surface area (Å²) in [5.41, 5.74) is 5.73. The average molecular weight is 476 g/mol. The van der Waals surface area contributed by atoms with Gasteiger partial charge >= 0.3 is 5.97 Å². The van der Waals surface area contributed by atoms with Crippen molar-refractivity contribution in [2.75, 3.05) is 18.8 Å². The summed E-state index contributed by atoms with van der Waals surface area (Å²) in [6, 6.07) is -4.19. The first-order valence-corrected chi connectivity index (χ1v) is 11.0. The molecular formula is C19H33N5O7S. The van der Waals surface area contributed by atoms with Crippen LogP contribution < -0.4 is 21.7 Å². The summed E-state index contributed by atoms with van der Waals surface area (Å²) < 4.78 is 0. The molecule has 0 aromatic heterocycles. The van der Waals surface area contributed by atoms with Gasteiger partial charge in [-0.3, -0.25) is 24.0 Å². The number of nitrogens with two attached hydrogens (primary N) is 1. The van der Waals surface area contributed by atoms with Crippen LogP contribution in [0.2, 0.25) is 0 Å². The summed E-state index contributed by atoms with van der Waals surface area (Å²) in [5.74, 6) is -4.10. The summed E-state index contributed by atoms with van der Waals surface area (Å²) in [7, 11) is 0. The number of thiol groups is 1. The van der Waals surface area contributed by atoms with Gasteiger partial charge in [0.2, 0.25) is 23.6 Å². The number of aliphatic hydroxyl groups is 1. The van der Waals surface area contributed by atoms with Gasteiger partial charge < -0.3 is 36.8 Å². The average Bonchev–Trinajstić information content (AvgIpc) is 3.21. The quantitative estimate of drug-likeness (QED) is 0.159. The Morgan fingerprint density at radius 3 is 2.22 bits per heavy atom. The Morgan fingerprint density at radius 1 is 1.09 bits per heavy atom. The Morgan fingerprint density at radius 2 is 1.72 bits per heavy atom. The number of nitrogens with one attached hydrogen (secondary N) is 3. The second-order valence-electron chi connectivity index (χ2n) is 8.05. The molecule has 182 valence electrons. The van der Waals surface area contributed by atoms with Crippen LogP contribution in [0.3, 0.4) is 0 Å². The van der Waals surface area contributed by atoms with E-state index in [9.17, 15) is 29.1 Å². The van der Waals surface area contributed by atoms with Gasteiger partial charge in [0, 0.05) is 12.3 Å². The van der Waals surface area contributed by atoms with Crippen molar-refractivity contribution >= 4 is 42.2 Å². The fourth-order valence-electron chi connectivity index (χ4n) is 3.30. The Labute approximate surface area is 192 Å². The molecule has 4 amide bonds. The molecule has 13 heteroatoms. The number of nitrogens with zero attached hydrogens (tertiary/aromatic N) is 1. The molecule has 0 bridgehead atoms. The Balaban J connectivity index is 2.89. The molecule has 0 radical (unpaired) electrons. The first-order valence-electron chi connectivity index (χ1n) is 10.4. The highest BCUT2D eigenvalue weighted by molar-refractivity contribution is 7.80. The van der Waals surface area contributed by atoms with Gasteiger partial charge in [-0.15, -0.1) is 0 Å². The van der Waals surface area contributed by atoms with Crippen molar-refractivity contribution in [2.45, 2.75) is 63.9 Å². The number of carbonyl (C=O) groups is 5. The van der Waals surface area contributed by atoms with Gasteiger partial charge in [0.1, 0.15) is 24.7 Å². The molecule has 1 fully saturated rings. The number of aliphatic carboxylic acids is 1. The van der Waals surface area contributed by atoms with Crippen LogP contribution >= 0.6 is 12.6 Å². The molecule has 0 aromatic carbocycles. The predicted molar refractivity (Wildman–Crippen MR) is 118 cm³/mol. The Hall–Kier alpha value is -2.38. The maximum absolute atomic E-state index is 12.8. The molecule has 0 spiro atoms. The topological polar surface area (TPSA) is 191 Å². The van der Waals surface area contributed by atoms with E-state index in [-0.39, 0.29) is 5.75 Å². The lowest BCUT2D eigenvalue weighted by Crippen LogP contribution is -2.61. The molecule has 5 atom stereocenters. The zero-order chi connectivity index (χ0) is 24.6. The molecule has 1 saturated heterocycles. The molecule has 0 unspecified atom stereocenters. The smallest absolute Gasteiger partial charge is 0.322 e. The maximum Gasteiger partial charge on any atom is 0.322 e. The summed E-state index contributed by atoms with van der Waals surface area (Å²) >= 11 is 4.00. The van der Waals surface area contributed by atoms with Gasteiger partial charge in [-0.05, 0) is 25.7 Å². The third kappa shape index (κ3) is 7.64. The SMILES string of the molecule is CC(C)[C@H](NC(=O)[C@@H](NC(=O)[C@@H]1CCCN1C(=O)[C@@H](N)CS)[C@@H](C)O)C(=O)NCC(=O)O. The van der Waals surface area contributed by atoms with E-state index in [1.54, 1.807) is 13.8 Å². The van der Waals surface area contributed by atoms with Crippen LogP contribution in [0, 0.1) is 5.92 Å². The molecule has 7 N–H and O–H groups in total. The van der Waals surface area contributed by atoms with Crippen molar-refractivity contribution < 1.29 is 34.2 Å². The van der Waals surface area contributed by atoms with Gasteiger partial charge in [0.05, 0.1) is 12.1 Å². The molecule has 32 heavy (non-hydrogen) atoms. The van der Waals surface area contributed by atoms with Crippen LogP contribution in [0.15, 0.2) is 0 Å². The fourth-order valence-corrected chi connectivity index (χ4v) is 3.46. The number of rotatable bonds is 11. The molecule has 1 heterocycles. The molecule has 12 nitrogen and oxygen atoms in total. The van der Waals surface area contributed by atoms with Crippen molar-refractivity contribution in [1.29, 1.82) is 0 Å². The largest absolute Gasteiger partial charge is 0.480 e. The van der Waals surface area contributed by atoms with Crippen molar-refractivity contribution in [3.8, 4) is 0 Å². The third-order valence-electron chi connectivity index (χ3n) is 5.08. The minimum Gasteiger partial charge on any atom is -0.480 e. The van der Waals surface area contributed by atoms with E-state index in [0.717, 1.165) is 0 Å². The zero-order valence-corrected chi connectivity index (χ0v) is 19.3. The van der Waals surface area contributed by atoms with Crippen molar-refractivity contribution in [3.05, 3.63) is 0 Å². The van der Waals surface area contributed by atoms with Crippen LogP contribution in [0.4, 0.5) is 0 Å². The lowest BCUT2D eigenvalue weighted by atomic mass is 10.0. The number of carbonyl (C=O) groups excluding carboxylic acids is 4. The Kier molecular flexibility index (Phi) is 10.9. The van der Waals surface area contributed by atoms with Crippen LogP contribution in [0.1, 0.15) is 33.6 Å².